The zero-order valence-electron chi connectivity index (χ0n) is 78.5. The van der Waals surface area contributed by atoms with E-state index in [1.54, 1.807) is 58.8 Å². The molecule has 0 aromatic heterocycles. The van der Waals surface area contributed by atoms with Crippen LogP contribution < -0.4 is 10.6 Å². The van der Waals surface area contributed by atoms with Crippen LogP contribution in [0, 0.1) is 29.6 Å². The van der Waals surface area contributed by atoms with Gasteiger partial charge in [-0.3, -0.25) is 47.9 Å². The highest BCUT2D eigenvalue weighted by molar-refractivity contribution is 8.00. The summed E-state index contributed by atoms with van der Waals surface area (Å²) in [4.78, 5) is 136. The number of rotatable bonds is 92. The molecule has 0 heterocycles. The second-order valence-corrected chi connectivity index (χ2v) is 38.2. The molecular weight excluding hydrogens is 1670 g/mol. The van der Waals surface area contributed by atoms with E-state index in [9.17, 15) is 47.9 Å². The summed E-state index contributed by atoms with van der Waals surface area (Å²) in [5, 5.41) is 6.98. The molecule has 2 N–H and O–H groups in total. The number of hydrogen-bond donors (Lipinski definition) is 2. The first-order valence-corrected chi connectivity index (χ1v) is 53.6. The SMILES string of the molecule is CCCCCCCCSCC(C)C(=O)OCCOC(=O)CCN(CCNCCN(CCC(=O)OCCOC(=O)C(C)CSCCCCCCCC)CCC(=O)OCCOC(=O)C(C)CSCCCCCCCC)CCNCCN(CCC(=O)OCCOC(=O)C(C)CSCCCCCCCC)CCC(=O)OCCOC(=O)C(C)CSCCCCCCCC. The fourth-order valence-electron chi connectivity index (χ4n) is 12.6. The summed E-state index contributed by atoms with van der Waals surface area (Å²) in [6.07, 6.45) is 36.5. The number of carbonyl (C=O) groups excluding carboxylic acids is 10. The van der Waals surface area contributed by atoms with E-state index >= 15 is 0 Å². The molecule has 0 aliphatic rings. The smallest absolute Gasteiger partial charge is 0.309 e. The van der Waals surface area contributed by atoms with E-state index in [0.717, 1.165) is 60.9 Å². The molecule has 0 saturated carbocycles. The van der Waals surface area contributed by atoms with Gasteiger partial charge in [0.25, 0.3) is 0 Å². The fraction of sp³-hybridized carbons (Fsp3) is 0.892. The molecular formula is C93H173N5O20S5. The first-order valence-electron chi connectivity index (χ1n) is 47.8. The van der Waals surface area contributed by atoms with Crippen molar-refractivity contribution in [3.05, 3.63) is 0 Å². The van der Waals surface area contributed by atoms with Crippen LogP contribution in [0.25, 0.3) is 0 Å². The average molecular weight is 1840 g/mol. The Bertz CT molecular complexity index is 2340. The molecule has 0 rings (SSSR count). The van der Waals surface area contributed by atoms with Crippen molar-refractivity contribution in [2.24, 2.45) is 29.6 Å². The molecule has 0 aromatic rings. The van der Waals surface area contributed by atoms with E-state index < -0.39 is 29.8 Å². The van der Waals surface area contributed by atoms with Gasteiger partial charge in [0.1, 0.15) is 66.1 Å². The van der Waals surface area contributed by atoms with Gasteiger partial charge in [-0.15, -0.1) is 0 Å². The number of nitrogens with one attached hydrogen (secondary N) is 2. The van der Waals surface area contributed by atoms with Crippen LogP contribution in [0.2, 0.25) is 0 Å². The summed E-state index contributed by atoms with van der Waals surface area (Å²) in [6.45, 7) is 24.7. The summed E-state index contributed by atoms with van der Waals surface area (Å²) in [5.41, 5.74) is 0. The molecule has 0 amide bonds. The molecule has 5 unspecified atom stereocenters. The predicted molar refractivity (Wildman–Crippen MR) is 507 cm³/mol. The van der Waals surface area contributed by atoms with Gasteiger partial charge in [-0.05, 0) is 60.9 Å². The summed E-state index contributed by atoms with van der Waals surface area (Å²) in [6, 6.07) is 0. The van der Waals surface area contributed by atoms with Crippen molar-refractivity contribution in [1.29, 1.82) is 0 Å². The lowest BCUT2D eigenvalue weighted by Crippen LogP contribution is -2.41. The average Bonchev–Trinajstić information content (AvgIpc) is 0.963. The summed E-state index contributed by atoms with van der Waals surface area (Å²) in [7, 11) is 0. The van der Waals surface area contributed by atoms with Crippen molar-refractivity contribution in [3.8, 4) is 0 Å². The van der Waals surface area contributed by atoms with Crippen molar-refractivity contribution >= 4 is 119 Å². The van der Waals surface area contributed by atoms with Gasteiger partial charge in [0.2, 0.25) is 0 Å². The molecule has 0 spiro atoms. The lowest BCUT2D eigenvalue weighted by molar-refractivity contribution is -0.154. The highest BCUT2D eigenvalue weighted by Crippen LogP contribution is 2.20. The third-order valence-corrected chi connectivity index (χ3v) is 27.2. The molecule has 0 aliphatic carbocycles. The van der Waals surface area contributed by atoms with Crippen molar-refractivity contribution < 1.29 is 95.3 Å². The Labute approximate surface area is 766 Å². The fourth-order valence-corrected chi connectivity index (χ4v) is 17.9. The molecule has 123 heavy (non-hydrogen) atoms. The standard InChI is InChI=1S/C93H173N5O20S5/c1-11-16-21-26-31-36-69-119-74-79(6)89(104)114-64-59-109-84(99)41-50-96(51-42-85(100)110-60-65-115-90(105)80(7)75-120-70-37-32-27-22-17-12-2)55-46-94-48-57-98(54-45-88(103)113-63-68-118-93(108)83(10)78-123-73-40-35-30-25-20-15-5)58-49-95-47-56-97(52-43-86(101)111-61-66-116-91(106)81(8)76-121-71-38-33-28-23-18-13-3)53-44-87(102)112-62-67-117-92(107)82(9)77-122-72-39-34-29-24-19-14-4/h79-83,94-95H,11-78H2,1-10H3. The lowest BCUT2D eigenvalue weighted by atomic mass is 10.1. The number of thioether (sulfide) groups is 5. The van der Waals surface area contributed by atoms with Crippen molar-refractivity contribution in [3.63, 3.8) is 0 Å². The number of esters is 10. The van der Waals surface area contributed by atoms with E-state index in [-0.39, 0.29) is 184 Å². The monoisotopic (exact) mass is 1840 g/mol. The second kappa shape index (κ2) is 88.9. The molecule has 30 heteroatoms. The summed E-state index contributed by atoms with van der Waals surface area (Å²) >= 11 is 8.76. The number of nitrogens with zero attached hydrogens (tertiary/aromatic N) is 3. The number of hydrogen-bond acceptors (Lipinski definition) is 30. The van der Waals surface area contributed by atoms with Crippen LogP contribution in [-0.2, 0) is 95.3 Å². The van der Waals surface area contributed by atoms with E-state index in [1.165, 1.54) is 161 Å². The maximum Gasteiger partial charge on any atom is 0.309 e. The number of carbonyl (C=O) groups is 10. The minimum absolute atomic E-state index is 0.00450. The summed E-state index contributed by atoms with van der Waals surface area (Å²) < 4.78 is 54.9. The molecule has 0 aromatic carbocycles. The maximum atomic E-state index is 13.3. The molecule has 5 atom stereocenters. The first kappa shape index (κ1) is 119. The predicted octanol–water partition coefficient (Wildman–Crippen LogP) is 17.1. The molecule has 0 aliphatic heterocycles. The normalized spacial score (nSPS) is 12.7. The van der Waals surface area contributed by atoms with Crippen LogP contribution in [0.15, 0.2) is 0 Å². The lowest BCUT2D eigenvalue weighted by Gasteiger charge is -2.25. The summed E-state index contributed by atoms with van der Waals surface area (Å²) in [5.74, 6) is 2.80. The zero-order chi connectivity index (χ0) is 90.5. The van der Waals surface area contributed by atoms with E-state index in [1.807, 2.05) is 44.4 Å². The zero-order valence-corrected chi connectivity index (χ0v) is 82.6. The van der Waals surface area contributed by atoms with Crippen LogP contribution in [0.3, 0.4) is 0 Å². The van der Waals surface area contributed by atoms with Crippen molar-refractivity contribution in [2.45, 2.75) is 294 Å². The largest absolute Gasteiger partial charge is 0.462 e. The second-order valence-electron chi connectivity index (χ2n) is 32.4. The Hall–Kier alpha value is -3.75. The Morgan fingerprint density at radius 1 is 0.220 bits per heavy atom. The molecule has 25 nitrogen and oxygen atoms in total. The third kappa shape index (κ3) is 79.0. The quantitative estimate of drug-likeness (QED) is 0.0325. The number of ether oxygens (including phenoxy) is 10. The molecule has 720 valence electrons. The van der Waals surface area contributed by atoms with Gasteiger partial charge in [-0.1, -0.05) is 230 Å². The van der Waals surface area contributed by atoms with Gasteiger partial charge in [0.15, 0.2) is 0 Å². The van der Waals surface area contributed by atoms with Crippen LogP contribution >= 0.6 is 58.8 Å². The van der Waals surface area contributed by atoms with Gasteiger partial charge in [0, 0.05) is 114 Å². The van der Waals surface area contributed by atoms with Gasteiger partial charge >= 0.3 is 59.7 Å². The Balaban J connectivity index is 6.21. The first-order chi connectivity index (χ1) is 59.7. The molecule has 0 saturated heterocycles. The van der Waals surface area contributed by atoms with E-state index in [0.29, 0.717) is 87.7 Å². The van der Waals surface area contributed by atoms with E-state index in [2.05, 4.69) is 50.2 Å². The van der Waals surface area contributed by atoms with Gasteiger partial charge in [-0.25, -0.2) is 0 Å². The van der Waals surface area contributed by atoms with Crippen LogP contribution in [0.1, 0.15) is 294 Å². The molecule has 0 radical (unpaired) electrons. The third-order valence-electron chi connectivity index (χ3n) is 20.6. The van der Waals surface area contributed by atoms with Crippen molar-refractivity contribution in [2.75, 3.05) is 209 Å². The van der Waals surface area contributed by atoms with Gasteiger partial charge in [-0.2, -0.15) is 58.8 Å². The van der Waals surface area contributed by atoms with Gasteiger partial charge in [0.05, 0.1) is 61.7 Å². The molecule has 0 bridgehead atoms. The van der Waals surface area contributed by atoms with E-state index in [4.69, 9.17) is 47.4 Å². The van der Waals surface area contributed by atoms with Crippen LogP contribution in [0.5, 0.6) is 0 Å². The highest BCUT2D eigenvalue weighted by Gasteiger charge is 2.23. The van der Waals surface area contributed by atoms with Gasteiger partial charge < -0.3 is 72.7 Å². The maximum absolute atomic E-state index is 13.3. The Kier molecular flexibility index (Phi) is 86.2. The Morgan fingerprint density at radius 3 is 0.553 bits per heavy atom. The topological polar surface area (TPSA) is 297 Å². The minimum Gasteiger partial charge on any atom is -0.462 e. The van der Waals surface area contributed by atoms with Crippen LogP contribution in [-0.4, -0.2) is 283 Å². The number of unbranched alkanes of at least 4 members (excludes halogenated alkanes) is 25. The van der Waals surface area contributed by atoms with Crippen molar-refractivity contribution in [1.82, 2.24) is 25.3 Å². The van der Waals surface area contributed by atoms with Crippen LogP contribution in [0.4, 0.5) is 0 Å². The minimum atomic E-state index is -0.484. The highest BCUT2D eigenvalue weighted by atomic mass is 32.2. The Morgan fingerprint density at radius 2 is 0.374 bits per heavy atom. The molecule has 0 fully saturated rings.